The molecule has 0 aromatic heterocycles. The first-order valence-electron chi connectivity index (χ1n) is 7.99. The number of carboxylic acid groups (broad SMARTS) is 1. The summed E-state index contributed by atoms with van der Waals surface area (Å²) in [7, 11) is 0. The molecule has 22 heavy (non-hydrogen) atoms. The molecule has 1 aromatic rings. The first-order chi connectivity index (χ1) is 10.5. The number of rotatable bonds is 6. The number of hydrogen-bond acceptors (Lipinski definition) is 4. The van der Waals surface area contributed by atoms with Crippen LogP contribution < -0.4 is 10.5 Å². The van der Waals surface area contributed by atoms with Crippen LogP contribution in [0.25, 0.3) is 0 Å². The van der Waals surface area contributed by atoms with Gasteiger partial charge in [0.15, 0.2) is 0 Å². The lowest BCUT2D eigenvalue weighted by Gasteiger charge is -2.34. The van der Waals surface area contributed by atoms with Crippen molar-refractivity contribution in [3.05, 3.63) is 23.8 Å². The zero-order valence-electron chi connectivity index (χ0n) is 13.4. The molecule has 0 saturated carbocycles. The van der Waals surface area contributed by atoms with E-state index in [1.165, 1.54) is 5.56 Å². The Bertz CT molecular complexity index is 511. The summed E-state index contributed by atoms with van der Waals surface area (Å²) in [6.45, 7) is 6.44. The number of likely N-dealkylation sites (tertiary alicyclic amines) is 1. The number of nitrogen functional groups attached to an aromatic ring is 1. The molecule has 0 bridgehead atoms. The number of nitrogens with zero attached hydrogens (tertiary/aromatic N) is 1. The van der Waals surface area contributed by atoms with Gasteiger partial charge in [0.05, 0.1) is 18.2 Å². The lowest BCUT2D eigenvalue weighted by Crippen LogP contribution is -2.42. The molecule has 122 valence electrons. The number of carboxylic acids is 1. The van der Waals surface area contributed by atoms with Gasteiger partial charge in [0.2, 0.25) is 0 Å². The van der Waals surface area contributed by atoms with E-state index in [0.29, 0.717) is 18.3 Å². The minimum Gasteiger partial charge on any atom is -0.492 e. The monoisotopic (exact) mass is 306 g/mol. The molecule has 0 amide bonds. The van der Waals surface area contributed by atoms with E-state index < -0.39 is 5.97 Å². The van der Waals surface area contributed by atoms with E-state index in [4.69, 9.17) is 15.6 Å². The van der Waals surface area contributed by atoms with Crippen molar-refractivity contribution < 1.29 is 14.6 Å². The maximum atomic E-state index is 11.0. The highest BCUT2D eigenvalue weighted by Gasteiger charge is 2.26. The van der Waals surface area contributed by atoms with Gasteiger partial charge in [-0.3, -0.25) is 4.79 Å². The van der Waals surface area contributed by atoms with Gasteiger partial charge >= 0.3 is 5.97 Å². The molecule has 1 aliphatic rings. The molecule has 0 aliphatic carbocycles. The molecule has 0 spiro atoms. The molecule has 1 atom stereocenters. The van der Waals surface area contributed by atoms with E-state index in [1.807, 2.05) is 19.1 Å². The van der Waals surface area contributed by atoms with E-state index in [-0.39, 0.29) is 5.92 Å². The highest BCUT2D eigenvalue weighted by atomic mass is 16.5. The summed E-state index contributed by atoms with van der Waals surface area (Å²) in [5.41, 5.74) is 7.87. The van der Waals surface area contributed by atoms with E-state index in [9.17, 15) is 4.79 Å². The van der Waals surface area contributed by atoms with Crippen LogP contribution in [0.2, 0.25) is 0 Å². The maximum Gasteiger partial charge on any atom is 0.306 e. The largest absolute Gasteiger partial charge is 0.492 e. The molecule has 1 unspecified atom stereocenters. The molecule has 5 nitrogen and oxygen atoms in total. The van der Waals surface area contributed by atoms with Crippen LogP contribution >= 0.6 is 0 Å². The van der Waals surface area contributed by atoms with Crippen molar-refractivity contribution in [2.24, 2.45) is 5.92 Å². The van der Waals surface area contributed by atoms with Crippen molar-refractivity contribution in [1.29, 1.82) is 0 Å². The smallest absolute Gasteiger partial charge is 0.306 e. The normalized spacial score (nSPS) is 18.1. The van der Waals surface area contributed by atoms with E-state index in [2.05, 4.69) is 17.9 Å². The van der Waals surface area contributed by atoms with Gasteiger partial charge in [-0.1, -0.05) is 6.07 Å². The van der Waals surface area contributed by atoms with Gasteiger partial charge < -0.3 is 20.5 Å². The van der Waals surface area contributed by atoms with E-state index in [0.717, 1.165) is 38.1 Å². The minimum absolute atomic E-state index is 0.176. The Kier molecular flexibility index (Phi) is 5.66. The van der Waals surface area contributed by atoms with Gasteiger partial charge in [-0.2, -0.15) is 0 Å². The Hall–Kier alpha value is -1.75. The predicted molar refractivity (Wildman–Crippen MR) is 87.1 cm³/mol. The highest BCUT2D eigenvalue weighted by Crippen LogP contribution is 2.25. The zero-order valence-corrected chi connectivity index (χ0v) is 13.4. The molecule has 1 heterocycles. The average Bonchev–Trinajstić information content (AvgIpc) is 2.50. The highest BCUT2D eigenvalue weighted by molar-refractivity contribution is 5.70. The van der Waals surface area contributed by atoms with Gasteiger partial charge in [-0.25, -0.2) is 0 Å². The van der Waals surface area contributed by atoms with Crippen LogP contribution in [-0.4, -0.2) is 41.7 Å². The molecule has 1 aromatic carbocycles. The van der Waals surface area contributed by atoms with Crippen LogP contribution in [0.15, 0.2) is 18.2 Å². The second-order valence-corrected chi connectivity index (χ2v) is 6.01. The molecule has 1 saturated heterocycles. The molecular formula is C17H26N2O3. The van der Waals surface area contributed by atoms with Gasteiger partial charge in [0, 0.05) is 6.04 Å². The van der Waals surface area contributed by atoms with E-state index in [1.54, 1.807) is 0 Å². The quantitative estimate of drug-likeness (QED) is 0.789. The van der Waals surface area contributed by atoms with Crippen LogP contribution in [0.4, 0.5) is 5.69 Å². The molecule has 3 N–H and O–H groups in total. The minimum atomic E-state index is -0.661. The van der Waals surface area contributed by atoms with Crippen LogP contribution in [0.5, 0.6) is 5.75 Å². The number of aliphatic carboxylic acids is 1. The average molecular weight is 306 g/mol. The summed E-state index contributed by atoms with van der Waals surface area (Å²) in [4.78, 5) is 13.4. The van der Waals surface area contributed by atoms with Crippen molar-refractivity contribution in [1.82, 2.24) is 4.90 Å². The number of benzene rings is 1. The third-order valence-electron chi connectivity index (χ3n) is 4.41. The molecule has 0 radical (unpaired) electrons. The SMILES string of the molecule is CCOc1ccc(CC(C)N2CCC(C(=O)O)CC2)cc1N. The van der Waals surface area contributed by atoms with Crippen LogP contribution in [0.3, 0.4) is 0 Å². The Morgan fingerprint density at radius 2 is 2.14 bits per heavy atom. The Labute approximate surface area is 132 Å². The molecular weight excluding hydrogens is 280 g/mol. The van der Waals surface area contributed by atoms with Crippen LogP contribution in [-0.2, 0) is 11.2 Å². The zero-order chi connectivity index (χ0) is 16.1. The van der Waals surface area contributed by atoms with Gasteiger partial charge in [0.1, 0.15) is 5.75 Å². The van der Waals surface area contributed by atoms with Crippen molar-refractivity contribution >= 4 is 11.7 Å². The summed E-state index contributed by atoms with van der Waals surface area (Å²) in [6, 6.07) is 6.34. The molecule has 2 rings (SSSR count). The topological polar surface area (TPSA) is 75.8 Å². The number of anilines is 1. The second kappa shape index (κ2) is 7.49. The Morgan fingerprint density at radius 1 is 1.45 bits per heavy atom. The summed E-state index contributed by atoms with van der Waals surface area (Å²) >= 11 is 0. The maximum absolute atomic E-state index is 11.0. The van der Waals surface area contributed by atoms with Crippen LogP contribution in [0.1, 0.15) is 32.3 Å². The van der Waals surface area contributed by atoms with Crippen molar-refractivity contribution in [3.63, 3.8) is 0 Å². The number of carbonyl (C=O) groups is 1. The number of piperidine rings is 1. The van der Waals surface area contributed by atoms with Gasteiger partial charge in [-0.15, -0.1) is 0 Å². The predicted octanol–water partition coefficient (Wildman–Crippen LogP) is 2.40. The molecule has 5 heteroatoms. The van der Waals surface area contributed by atoms with E-state index >= 15 is 0 Å². The third-order valence-corrected chi connectivity index (χ3v) is 4.41. The van der Waals surface area contributed by atoms with Crippen molar-refractivity contribution in [2.75, 3.05) is 25.4 Å². The Morgan fingerprint density at radius 3 is 2.68 bits per heavy atom. The van der Waals surface area contributed by atoms with Crippen LogP contribution in [0, 0.1) is 5.92 Å². The second-order valence-electron chi connectivity index (χ2n) is 6.01. The number of nitrogens with two attached hydrogens (primary N) is 1. The lowest BCUT2D eigenvalue weighted by molar-refractivity contribution is -0.143. The summed E-state index contributed by atoms with van der Waals surface area (Å²) < 4.78 is 5.46. The summed E-state index contributed by atoms with van der Waals surface area (Å²) in [6.07, 6.45) is 2.39. The number of ether oxygens (including phenoxy) is 1. The standard InChI is InChI=1S/C17H26N2O3/c1-3-22-16-5-4-13(11-15(16)18)10-12(2)19-8-6-14(7-9-19)17(20)21/h4-5,11-12,14H,3,6-10,18H2,1-2H3,(H,20,21). The first kappa shape index (κ1) is 16.6. The fraction of sp³-hybridized carbons (Fsp3) is 0.588. The molecule has 1 aliphatic heterocycles. The Balaban J connectivity index is 1.91. The molecule has 1 fully saturated rings. The van der Waals surface area contributed by atoms with Gasteiger partial charge in [0.25, 0.3) is 0 Å². The fourth-order valence-corrected chi connectivity index (χ4v) is 3.07. The lowest BCUT2D eigenvalue weighted by atomic mass is 9.95. The number of hydrogen-bond donors (Lipinski definition) is 2. The fourth-order valence-electron chi connectivity index (χ4n) is 3.07. The van der Waals surface area contributed by atoms with Crippen molar-refractivity contribution in [2.45, 2.75) is 39.2 Å². The third kappa shape index (κ3) is 4.13. The van der Waals surface area contributed by atoms with Crippen molar-refractivity contribution in [3.8, 4) is 5.75 Å². The summed E-state index contributed by atoms with van der Waals surface area (Å²) in [5.74, 6) is -0.0997. The first-order valence-corrected chi connectivity index (χ1v) is 7.99. The summed E-state index contributed by atoms with van der Waals surface area (Å²) in [5, 5.41) is 9.05. The van der Waals surface area contributed by atoms with Gasteiger partial charge in [-0.05, 0) is 63.9 Å².